The van der Waals surface area contributed by atoms with Crippen molar-refractivity contribution in [3.05, 3.63) is 41.1 Å². The van der Waals surface area contributed by atoms with E-state index in [1.54, 1.807) is 4.90 Å². The molecule has 1 aromatic heterocycles. The first-order chi connectivity index (χ1) is 11.6. The van der Waals surface area contributed by atoms with Gasteiger partial charge in [-0.25, -0.2) is 4.98 Å². The van der Waals surface area contributed by atoms with E-state index in [-0.39, 0.29) is 0 Å². The van der Waals surface area contributed by atoms with Crippen LogP contribution >= 0.6 is 0 Å². The fraction of sp³-hybridized carbons (Fsp3) is 0.389. The van der Waals surface area contributed by atoms with E-state index in [2.05, 4.69) is 46.2 Å². The number of carbonyl (C=O) groups excluding carboxylic acids is 1. The van der Waals surface area contributed by atoms with Gasteiger partial charge in [-0.1, -0.05) is 12.1 Å². The molecule has 0 radical (unpaired) electrons. The number of rotatable bonds is 4. The van der Waals surface area contributed by atoms with Crippen molar-refractivity contribution >= 4 is 23.9 Å². The van der Waals surface area contributed by atoms with Gasteiger partial charge in [-0.05, 0) is 38.0 Å². The normalized spacial score (nSPS) is 14.6. The lowest BCUT2D eigenvalue weighted by atomic mass is 10.1. The summed E-state index contributed by atoms with van der Waals surface area (Å²) in [4.78, 5) is 24.0. The van der Waals surface area contributed by atoms with Crippen LogP contribution in [0.3, 0.4) is 0 Å². The summed E-state index contributed by atoms with van der Waals surface area (Å²) in [7, 11) is 0. The maximum atomic E-state index is 10.8. The number of amides is 1. The van der Waals surface area contributed by atoms with Gasteiger partial charge in [0.1, 0.15) is 5.82 Å². The molecule has 1 aromatic carbocycles. The van der Waals surface area contributed by atoms with Crippen LogP contribution in [-0.4, -0.2) is 47.5 Å². The van der Waals surface area contributed by atoms with Gasteiger partial charge in [0.15, 0.2) is 0 Å². The van der Waals surface area contributed by atoms with Crippen LogP contribution in [0.4, 0.5) is 17.5 Å². The number of aromatic nitrogens is 2. The predicted molar refractivity (Wildman–Crippen MR) is 95.8 cm³/mol. The molecule has 1 fully saturated rings. The number of nitrogens with zero attached hydrogens (tertiary/aromatic N) is 4. The molecule has 0 unspecified atom stereocenters. The van der Waals surface area contributed by atoms with Gasteiger partial charge in [-0.15, -0.1) is 0 Å². The summed E-state index contributed by atoms with van der Waals surface area (Å²) < 4.78 is 0. The van der Waals surface area contributed by atoms with E-state index in [0.717, 1.165) is 36.7 Å². The molecule has 126 valence electrons. The zero-order chi connectivity index (χ0) is 17.1. The lowest BCUT2D eigenvalue weighted by molar-refractivity contribution is -0.118. The van der Waals surface area contributed by atoms with Crippen LogP contribution in [0.25, 0.3) is 0 Å². The summed E-state index contributed by atoms with van der Waals surface area (Å²) in [6, 6.07) is 8.15. The summed E-state index contributed by atoms with van der Waals surface area (Å²) in [6.07, 6.45) is 0.905. The highest BCUT2D eigenvalue weighted by atomic mass is 16.1. The molecule has 3 rings (SSSR count). The standard InChI is InChI=1S/C18H23N5O/c1-13-5-4-6-16(15(13)3)20-17-11-14(2)19-18(21-17)23-9-7-22(12-24)8-10-23/h4-6,11-12H,7-10H2,1-3H3,(H,19,20,21). The van der Waals surface area contributed by atoms with Crippen molar-refractivity contribution in [2.45, 2.75) is 20.8 Å². The Labute approximate surface area is 142 Å². The third-order valence-electron chi connectivity index (χ3n) is 4.46. The van der Waals surface area contributed by atoms with Crippen LogP contribution in [0.5, 0.6) is 0 Å². The highest BCUT2D eigenvalue weighted by Crippen LogP contribution is 2.23. The van der Waals surface area contributed by atoms with Crippen molar-refractivity contribution in [2.75, 3.05) is 36.4 Å². The largest absolute Gasteiger partial charge is 0.342 e. The van der Waals surface area contributed by atoms with E-state index < -0.39 is 0 Å². The molecule has 0 spiro atoms. The molecule has 1 aliphatic heterocycles. The zero-order valence-corrected chi connectivity index (χ0v) is 14.4. The summed E-state index contributed by atoms with van der Waals surface area (Å²) >= 11 is 0. The molecule has 1 N–H and O–H groups in total. The Morgan fingerprint density at radius 2 is 1.83 bits per heavy atom. The van der Waals surface area contributed by atoms with E-state index in [1.807, 2.05) is 19.1 Å². The summed E-state index contributed by atoms with van der Waals surface area (Å²) in [5, 5.41) is 3.41. The average Bonchev–Trinajstić information content (AvgIpc) is 2.58. The van der Waals surface area contributed by atoms with Gasteiger partial charge in [-0.2, -0.15) is 4.98 Å². The van der Waals surface area contributed by atoms with Crippen LogP contribution in [-0.2, 0) is 4.79 Å². The number of hydrogen-bond donors (Lipinski definition) is 1. The van der Waals surface area contributed by atoms with E-state index in [1.165, 1.54) is 11.1 Å². The zero-order valence-electron chi connectivity index (χ0n) is 14.4. The first-order valence-electron chi connectivity index (χ1n) is 8.20. The molecule has 0 aliphatic carbocycles. The van der Waals surface area contributed by atoms with Crippen LogP contribution in [0.2, 0.25) is 0 Å². The fourth-order valence-electron chi connectivity index (χ4n) is 2.81. The monoisotopic (exact) mass is 325 g/mol. The molecule has 1 aliphatic rings. The van der Waals surface area contributed by atoms with E-state index in [4.69, 9.17) is 0 Å². The Morgan fingerprint density at radius 1 is 1.08 bits per heavy atom. The number of nitrogens with one attached hydrogen (secondary N) is 1. The second kappa shape index (κ2) is 6.86. The van der Waals surface area contributed by atoms with Crippen LogP contribution in [0.15, 0.2) is 24.3 Å². The van der Waals surface area contributed by atoms with E-state index >= 15 is 0 Å². The molecular weight excluding hydrogens is 302 g/mol. The molecule has 0 saturated carbocycles. The number of hydrogen-bond acceptors (Lipinski definition) is 5. The molecule has 0 bridgehead atoms. The molecular formula is C18H23N5O. The minimum absolute atomic E-state index is 0.709. The summed E-state index contributed by atoms with van der Waals surface area (Å²) in [5.74, 6) is 1.51. The van der Waals surface area contributed by atoms with Crippen molar-refractivity contribution in [3.63, 3.8) is 0 Å². The first-order valence-corrected chi connectivity index (χ1v) is 8.20. The van der Waals surface area contributed by atoms with Gasteiger partial charge in [0.25, 0.3) is 0 Å². The predicted octanol–water partition coefficient (Wildman–Crippen LogP) is 2.42. The Bertz CT molecular complexity index is 738. The molecule has 6 heteroatoms. The van der Waals surface area contributed by atoms with Crippen molar-refractivity contribution in [1.29, 1.82) is 0 Å². The van der Waals surface area contributed by atoms with E-state index in [0.29, 0.717) is 19.0 Å². The summed E-state index contributed by atoms with van der Waals surface area (Å²) in [5.41, 5.74) is 4.45. The number of benzene rings is 1. The van der Waals surface area contributed by atoms with Crippen molar-refractivity contribution in [2.24, 2.45) is 0 Å². The second-order valence-corrected chi connectivity index (χ2v) is 6.20. The average molecular weight is 325 g/mol. The lowest BCUT2D eigenvalue weighted by Gasteiger charge is -2.32. The van der Waals surface area contributed by atoms with Crippen LogP contribution in [0.1, 0.15) is 16.8 Å². The molecule has 1 amide bonds. The van der Waals surface area contributed by atoms with Gasteiger partial charge in [0.2, 0.25) is 12.4 Å². The minimum Gasteiger partial charge on any atom is -0.342 e. The smallest absolute Gasteiger partial charge is 0.227 e. The first kappa shape index (κ1) is 16.2. The lowest BCUT2D eigenvalue weighted by Crippen LogP contribution is -2.46. The fourth-order valence-corrected chi connectivity index (χ4v) is 2.81. The van der Waals surface area contributed by atoms with Gasteiger partial charge in [0.05, 0.1) is 0 Å². The quantitative estimate of drug-likeness (QED) is 0.875. The van der Waals surface area contributed by atoms with Gasteiger partial charge in [-0.3, -0.25) is 4.79 Å². The third-order valence-corrected chi connectivity index (χ3v) is 4.46. The molecule has 2 heterocycles. The highest BCUT2D eigenvalue weighted by Gasteiger charge is 2.18. The Morgan fingerprint density at radius 3 is 2.54 bits per heavy atom. The second-order valence-electron chi connectivity index (χ2n) is 6.20. The van der Waals surface area contributed by atoms with E-state index in [9.17, 15) is 4.79 Å². The van der Waals surface area contributed by atoms with Crippen molar-refractivity contribution in [3.8, 4) is 0 Å². The topological polar surface area (TPSA) is 61.4 Å². The summed E-state index contributed by atoms with van der Waals surface area (Å²) in [6.45, 7) is 9.10. The highest BCUT2D eigenvalue weighted by molar-refractivity contribution is 5.63. The minimum atomic E-state index is 0.709. The van der Waals surface area contributed by atoms with Crippen LogP contribution in [0, 0.1) is 20.8 Å². The maximum absolute atomic E-state index is 10.8. The Kier molecular flexibility index (Phi) is 4.64. The van der Waals surface area contributed by atoms with Crippen molar-refractivity contribution < 1.29 is 4.79 Å². The van der Waals surface area contributed by atoms with Crippen molar-refractivity contribution in [1.82, 2.24) is 14.9 Å². The molecule has 2 aromatic rings. The molecule has 1 saturated heterocycles. The van der Waals surface area contributed by atoms with Gasteiger partial charge >= 0.3 is 0 Å². The Hall–Kier alpha value is -2.63. The third kappa shape index (κ3) is 3.48. The maximum Gasteiger partial charge on any atom is 0.227 e. The SMILES string of the molecule is Cc1cc(Nc2cccc(C)c2C)nc(N2CCN(C=O)CC2)n1. The molecule has 24 heavy (non-hydrogen) atoms. The number of piperazine rings is 1. The molecule has 6 nitrogen and oxygen atoms in total. The van der Waals surface area contributed by atoms with Gasteiger partial charge in [0, 0.05) is 43.6 Å². The van der Waals surface area contributed by atoms with Crippen LogP contribution < -0.4 is 10.2 Å². The number of carbonyl (C=O) groups is 1. The number of anilines is 3. The molecule has 0 atom stereocenters. The Balaban J connectivity index is 1.81. The number of aryl methyl sites for hydroxylation is 2. The van der Waals surface area contributed by atoms with Gasteiger partial charge < -0.3 is 15.1 Å².